The predicted octanol–water partition coefficient (Wildman–Crippen LogP) is 6.84. The quantitative estimate of drug-likeness (QED) is 0.274. The number of hydrogen-bond acceptors (Lipinski definition) is 6. The van der Waals surface area contributed by atoms with Crippen molar-refractivity contribution >= 4 is 22.3 Å². The Kier molecular flexibility index (Phi) is 6.10. The minimum Gasteiger partial charge on any atom is -0.488 e. The van der Waals surface area contributed by atoms with Crippen LogP contribution in [0.25, 0.3) is 22.0 Å². The third-order valence-corrected chi connectivity index (χ3v) is 6.20. The van der Waals surface area contributed by atoms with Crippen LogP contribution in [0.15, 0.2) is 83.5 Å². The predicted molar refractivity (Wildman–Crippen MR) is 140 cm³/mol. The van der Waals surface area contributed by atoms with Crippen molar-refractivity contribution < 1.29 is 9.26 Å². The molecular weight excluding hydrogens is 436 g/mol. The molecule has 0 saturated carbocycles. The van der Waals surface area contributed by atoms with Crippen LogP contribution in [-0.4, -0.2) is 10.1 Å². The Morgan fingerprint density at radius 2 is 1.71 bits per heavy atom. The first-order valence-electron chi connectivity index (χ1n) is 11.6. The number of aryl methyl sites for hydroxylation is 2. The molecular formula is C29H28N4O2. The van der Waals surface area contributed by atoms with Crippen LogP contribution in [-0.2, 0) is 6.61 Å². The molecule has 3 N–H and O–H groups in total. The lowest BCUT2D eigenvalue weighted by atomic mass is 9.99. The molecule has 176 valence electrons. The average Bonchev–Trinajstić information content (AvgIpc) is 3.22. The molecule has 0 bridgehead atoms. The Morgan fingerprint density at radius 3 is 2.40 bits per heavy atom. The van der Waals surface area contributed by atoms with Crippen LogP contribution in [0.5, 0.6) is 5.75 Å². The van der Waals surface area contributed by atoms with Crippen LogP contribution < -0.4 is 15.8 Å². The zero-order valence-corrected chi connectivity index (χ0v) is 20.1. The number of nitrogen functional groups attached to an aromatic ring is 1. The van der Waals surface area contributed by atoms with E-state index in [9.17, 15) is 0 Å². The summed E-state index contributed by atoms with van der Waals surface area (Å²) in [5, 5.41) is 8.64. The second-order valence-electron chi connectivity index (χ2n) is 8.70. The number of ether oxygens (including phenoxy) is 1. The molecule has 0 aliphatic rings. The van der Waals surface area contributed by atoms with E-state index in [1.807, 2.05) is 74.5 Å². The Bertz CT molecular complexity index is 1440. The summed E-state index contributed by atoms with van der Waals surface area (Å²) in [6.45, 7) is 6.39. The third kappa shape index (κ3) is 4.55. The summed E-state index contributed by atoms with van der Waals surface area (Å²) in [6, 6.07) is 24.5. The van der Waals surface area contributed by atoms with E-state index < -0.39 is 0 Å². The molecule has 0 spiro atoms. The van der Waals surface area contributed by atoms with Gasteiger partial charge in [0.25, 0.3) is 0 Å². The largest absolute Gasteiger partial charge is 0.488 e. The first kappa shape index (κ1) is 22.5. The summed E-state index contributed by atoms with van der Waals surface area (Å²) in [6.07, 6.45) is 1.70. The van der Waals surface area contributed by atoms with Crippen LogP contribution in [0.1, 0.15) is 35.5 Å². The lowest BCUT2D eigenvalue weighted by molar-refractivity contribution is 0.308. The van der Waals surface area contributed by atoms with E-state index in [0.29, 0.717) is 12.3 Å². The Balaban J connectivity index is 1.62. The van der Waals surface area contributed by atoms with E-state index >= 15 is 0 Å². The van der Waals surface area contributed by atoms with E-state index in [0.717, 1.165) is 50.5 Å². The minimum absolute atomic E-state index is 0.0556. The summed E-state index contributed by atoms with van der Waals surface area (Å²) in [5.74, 6) is 1.46. The van der Waals surface area contributed by atoms with E-state index in [4.69, 9.17) is 15.0 Å². The van der Waals surface area contributed by atoms with Gasteiger partial charge >= 0.3 is 0 Å². The molecule has 0 amide bonds. The number of aromatic nitrogens is 2. The highest BCUT2D eigenvalue weighted by Gasteiger charge is 2.20. The summed E-state index contributed by atoms with van der Waals surface area (Å²) in [5.41, 5.74) is 13.5. The number of benzene rings is 3. The average molecular weight is 465 g/mol. The van der Waals surface area contributed by atoms with Gasteiger partial charge in [0, 0.05) is 17.0 Å². The van der Waals surface area contributed by atoms with Gasteiger partial charge in [-0.05, 0) is 44.0 Å². The summed E-state index contributed by atoms with van der Waals surface area (Å²) in [4.78, 5) is 4.64. The van der Waals surface area contributed by atoms with Gasteiger partial charge in [0.2, 0.25) is 0 Å². The number of hydrogen-bond donors (Lipinski definition) is 2. The SMILES string of the molecule is Cc1noc(C)c1-c1cc2ncc(N)c(N[C@H](C)c3ccccc3)c2cc1OCc1ccccc1. The standard InChI is InChI=1S/C29H28N4O2/c1-18(22-12-8-5-9-13-22)32-29-23-15-27(34-17-21-10-6-4-7-11-21)24(14-26(23)31-16-25(29)30)28-19(2)33-35-20(28)3/h4-16,18H,17,30H2,1-3H3,(H,31,32)/t18-/m1/s1. The summed E-state index contributed by atoms with van der Waals surface area (Å²) < 4.78 is 11.8. The fourth-order valence-electron chi connectivity index (χ4n) is 4.35. The highest BCUT2D eigenvalue weighted by atomic mass is 16.5. The van der Waals surface area contributed by atoms with Gasteiger partial charge in [0.15, 0.2) is 0 Å². The van der Waals surface area contributed by atoms with Crippen LogP contribution in [0, 0.1) is 13.8 Å². The number of anilines is 2. The van der Waals surface area contributed by atoms with Crippen molar-refractivity contribution in [3.8, 4) is 16.9 Å². The molecule has 35 heavy (non-hydrogen) atoms. The number of rotatable bonds is 7. The monoisotopic (exact) mass is 464 g/mol. The van der Waals surface area contributed by atoms with Crippen molar-refractivity contribution in [2.45, 2.75) is 33.4 Å². The van der Waals surface area contributed by atoms with Gasteiger partial charge < -0.3 is 20.3 Å². The highest BCUT2D eigenvalue weighted by molar-refractivity contribution is 6.00. The molecule has 5 rings (SSSR count). The maximum atomic E-state index is 6.42. The number of fused-ring (bicyclic) bond motifs is 1. The lowest BCUT2D eigenvalue weighted by Crippen LogP contribution is -2.09. The Morgan fingerprint density at radius 1 is 1.00 bits per heavy atom. The topological polar surface area (TPSA) is 86.2 Å². The van der Waals surface area contributed by atoms with Crippen molar-refractivity contribution in [1.29, 1.82) is 0 Å². The van der Waals surface area contributed by atoms with Crippen molar-refractivity contribution in [3.63, 3.8) is 0 Å². The molecule has 0 aliphatic heterocycles. The number of nitrogens with two attached hydrogens (primary N) is 1. The van der Waals surface area contributed by atoms with Crippen molar-refractivity contribution in [1.82, 2.24) is 10.1 Å². The van der Waals surface area contributed by atoms with Gasteiger partial charge in [0.1, 0.15) is 18.1 Å². The maximum Gasteiger partial charge on any atom is 0.141 e. The molecule has 5 aromatic rings. The molecule has 0 fully saturated rings. The van der Waals surface area contributed by atoms with Gasteiger partial charge in [-0.3, -0.25) is 4.98 Å². The first-order chi connectivity index (χ1) is 17.0. The van der Waals surface area contributed by atoms with Crippen LogP contribution >= 0.6 is 0 Å². The summed E-state index contributed by atoms with van der Waals surface area (Å²) in [7, 11) is 0. The molecule has 1 atom stereocenters. The van der Waals surface area contributed by atoms with E-state index in [-0.39, 0.29) is 6.04 Å². The molecule has 2 heterocycles. The summed E-state index contributed by atoms with van der Waals surface area (Å²) >= 11 is 0. The van der Waals surface area contributed by atoms with Crippen LogP contribution in [0.4, 0.5) is 11.4 Å². The van der Waals surface area contributed by atoms with Crippen LogP contribution in [0.3, 0.4) is 0 Å². The second kappa shape index (κ2) is 9.50. The van der Waals surface area contributed by atoms with E-state index in [2.05, 4.69) is 34.5 Å². The van der Waals surface area contributed by atoms with Crippen LogP contribution in [0.2, 0.25) is 0 Å². The van der Waals surface area contributed by atoms with Gasteiger partial charge in [-0.15, -0.1) is 0 Å². The molecule has 6 heteroatoms. The normalized spacial score (nSPS) is 12.0. The van der Waals surface area contributed by atoms with Crippen molar-refractivity contribution in [2.75, 3.05) is 11.1 Å². The zero-order chi connectivity index (χ0) is 24.4. The molecule has 0 saturated heterocycles. The van der Waals surface area contributed by atoms with Gasteiger partial charge in [-0.1, -0.05) is 65.8 Å². The molecule has 2 aromatic heterocycles. The number of pyridine rings is 1. The second-order valence-corrected chi connectivity index (χ2v) is 8.70. The van der Waals surface area contributed by atoms with E-state index in [1.165, 1.54) is 5.56 Å². The Hall–Kier alpha value is -4.32. The van der Waals surface area contributed by atoms with Gasteiger partial charge in [-0.2, -0.15) is 0 Å². The Labute approximate surface area is 204 Å². The molecule has 0 aliphatic carbocycles. The zero-order valence-electron chi connectivity index (χ0n) is 20.1. The number of nitrogens with one attached hydrogen (secondary N) is 1. The third-order valence-electron chi connectivity index (χ3n) is 6.20. The lowest BCUT2D eigenvalue weighted by Gasteiger charge is -2.20. The first-order valence-corrected chi connectivity index (χ1v) is 11.6. The van der Waals surface area contributed by atoms with Crippen molar-refractivity contribution in [2.24, 2.45) is 0 Å². The fraction of sp³-hybridized carbons (Fsp3) is 0.172. The molecule has 3 aromatic carbocycles. The highest BCUT2D eigenvalue weighted by Crippen LogP contribution is 2.41. The van der Waals surface area contributed by atoms with Gasteiger partial charge in [0.05, 0.1) is 34.3 Å². The van der Waals surface area contributed by atoms with E-state index in [1.54, 1.807) is 6.20 Å². The smallest absolute Gasteiger partial charge is 0.141 e. The fourth-order valence-corrected chi connectivity index (χ4v) is 4.35. The number of nitrogens with zero attached hydrogens (tertiary/aromatic N) is 2. The molecule has 0 radical (unpaired) electrons. The van der Waals surface area contributed by atoms with Crippen molar-refractivity contribution in [3.05, 3.63) is 102 Å². The minimum atomic E-state index is 0.0556. The molecule has 6 nitrogen and oxygen atoms in total. The maximum absolute atomic E-state index is 6.42. The van der Waals surface area contributed by atoms with Gasteiger partial charge in [-0.25, -0.2) is 0 Å². The molecule has 0 unspecified atom stereocenters.